The van der Waals surface area contributed by atoms with Crippen LogP contribution in [0.1, 0.15) is 42.5 Å². The molecule has 0 atom stereocenters. The minimum atomic E-state index is -0.871. The van der Waals surface area contributed by atoms with Crippen molar-refractivity contribution in [2.24, 2.45) is 0 Å². The first-order valence-electron chi connectivity index (χ1n) is 8.71. The van der Waals surface area contributed by atoms with Gasteiger partial charge in [-0.1, -0.05) is 19.3 Å². The Labute approximate surface area is 151 Å². The number of carbonyl (C=O) groups excluding carboxylic acids is 4. The standard InChI is InChI=1S/C18H22N4O4/c1-19-16(25)18(9-3-2-4-10-18)21-15(24)12-5-7-13(8-6-12)22-11-14(23)20-17(22)26/h5-8H,2-4,9-11H2,1H3,(H,19,25)(H,21,24)(H,20,23,26). The molecular weight excluding hydrogens is 336 g/mol. The maximum absolute atomic E-state index is 12.6. The smallest absolute Gasteiger partial charge is 0.329 e. The highest BCUT2D eigenvalue weighted by Crippen LogP contribution is 2.29. The lowest BCUT2D eigenvalue weighted by Crippen LogP contribution is -2.59. The molecule has 2 aliphatic rings. The average molecular weight is 358 g/mol. The molecule has 5 amide bonds. The largest absolute Gasteiger partial charge is 0.357 e. The van der Waals surface area contributed by atoms with Crippen molar-refractivity contribution in [3.63, 3.8) is 0 Å². The van der Waals surface area contributed by atoms with Crippen molar-refractivity contribution in [1.29, 1.82) is 0 Å². The summed E-state index contributed by atoms with van der Waals surface area (Å²) in [5.41, 5.74) is 0.0569. The molecule has 8 nitrogen and oxygen atoms in total. The van der Waals surface area contributed by atoms with Gasteiger partial charge in [-0.15, -0.1) is 0 Å². The predicted octanol–water partition coefficient (Wildman–Crippen LogP) is 0.921. The molecule has 0 aromatic heterocycles. The van der Waals surface area contributed by atoms with Gasteiger partial charge >= 0.3 is 6.03 Å². The highest BCUT2D eigenvalue weighted by atomic mass is 16.2. The van der Waals surface area contributed by atoms with E-state index in [1.807, 2.05) is 0 Å². The van der Waals surface area contributed by atoms with Gasteiger partial charge < -0.3 is 10.6 Å². The number of hydrogen-bond donors (Lipinski definition) is 3. The fourth-order valence-corrected chi connectivity index (χ4v) is 3.54. The molecule has 1 saturated carbocycles. The number of imide groups is 1. The summed E-state index contributed by atoms with van der Waals surface area (Å²) >= 11 is 0. The number of nitrogens with one attached hydrogen (secondary N) is 3. The third-order valence-corrected chi connectivity index (χ3v) is 4.96. The first-order chi connectivity index (χ1) is 12.4. The van der Waals surface area contributed by atoms with E-state index in [-0.39, 0.29) is 24.3 Å². The van der Waals surface area contributed by atoms with Gasteiger partial charge in [0.15, 0.2) is 0 Å². The molecule has 3 N–H and O–H groups in total. The van der Waals surface area contributed by atoms with Gasteiger partial charge in [0.2, 0.25) is 11.8 Å². The minimum absolute atomic E-state index is 0.0375. The topological polar surface area (TPSA) is 108 Å². The summed E-state index contributed by atoms with van der Waals surface area (Å²) in [7, 11) is 1.57. The number of amides is 5. The van der Waals surface area contributed by atoms with E-state index in [1.54, 1.807) is 31.3 Å². The number of nitrogens with zero attached hydrogens (tertiary/aromatic N) is 1. The van der Waals surface area contributed by atoms with Crippen molar-refractivity contribution >= 4 is 29.4 Å². The molecule has 8 heteroatoms. The summed E-state index contributed by atoms with van der Waals surface area (Å²) < 4.78 is 0. The number of hydrogen-bond acceptors (Lipinski definition) is 4. The molecule has 138 valence electrons. The van der Waals surface area contributed by atoms with Gasteiger partial charge in [0, 0.05) is 18.3 Å². The molecule has 3 rings (SSSR count). The van der Waals surface area contributed by atoms with Gasteiger partial charge in [-0.3, -0.25) is 24.6 Å². The van der Waals surface area contributed by atoms with Crippen LogP contribution >= 0.6 is 0 Å². The normalized spacial score (nSPS) is 19.0. The van der Waals surface area contributed by atoms with Crippen molar-refractivity contribution in [2.45, 2.75) is 37.6 Å². The van der Waals surface area contributed by atoms with Crippen molar-refractivity contribution in [3.8, 4) is 0 Å². The average Bonchev–Trinajstić information content (AvgIpc) is 3.00. The Hall–Kier alpha value is -2.90. The molecule has 1 aromatic carbocycles. The van der Waals surface area contributed by atoms with Crippen LogP contribution in [0.25, 0.3) is 0 Å². The van der Waals surface area contributed by atoms with Crippen molar-refractivity contribution in [1.82, 2.24) is 16.0 Å². The first-order valence-corrected chi connectivity index (χ1v) is 8.71. The summed E-state index contributed by atoms with van der Waals surface area (Å²) in [5, 5.41) is 7.76. The van der Waals surface area contributed by atoms with Crippen molar-refractivity contribution in [3.05, 3.63) is 29.8 Å². The molecule has 2 fully saturated rings. The second-order valence-corrected chi connectivity index (χ2v) is 6.66. The van der Waals surface area contributed by atoms with E-state index in [1.165, 1.54) is 4.90 Å². The third-order valence-electron chi connectivity index (χ3n) is 4.96. The van der Waals surface area contributed by atoms with E-state index in [9.17, 15) is 19.2 Å². The lowest BCUT2D eigenvalue weighted by Gasteiger charge is -2.36. The maximum Gasteiger partial charge on any atom is 0.329 e. The fourth-order valence-electron chi connectivity index (χ4n) is 3.54. The SMILES string of the molecule is CNC(=O)C1(NC(=O)c2ccc(N3CC(=O)NC3=O)cc2)CCCCC1. The van der Waals surface area contributed by atoms with Crippen LogP contribution in [0.4, 0.5) is 10.5 Å². The number of likely N-dealkylation sites (N-methyl/N-ethyl adjacent to an activating group) is 1. The van der Waals surface area contributed by atoms with E-state index in [0.29, 0.717) is 24.1 Å². The van der Waals surface area contributed by atoms with Crippen LogP contribution in [0.2, 0.25) is 0 Å². The van der Waals surface area contributed by atoms with E-state index in [0.717, 1.165) is 19.3 Å². The number of rotatable bonds is 4. The van der Waals surface area contributed by atoms with E-state index < -0.39 is 11.6 Å². The molecule has 26 heavy (non-hydrogen) atoms. The zero-order valence-corrected chi connectivity index (χ0v) is 14.6. The second kappa shape index (κ2) is 7.15. The van der Waals surface area contributed by atoms with E-state index in [2.05, 4.69) is 16.0 Å². The molecule has 1 saturated heterocycles. The maximum atomic E-state index is 12.6. The molecule has 1 aliphatic heterocycles. The summed E-state index contributed by atoms with van der Waals surface area (Å²) in [6.07, 6.45) is 4.08. The first kappa shape index (κ1) is 17.9. The van der Waals surface area contributed by atoms with E-state index >= 15 is 0 Å². The lowest BCUT2D eigenvalue weighted by molar-refractivity contribution is -0.128. The highest BCUT2D eigenvalue weighted by Gasteiger charge is 2.40. The van der Waals surface area contributed by atoms with Crippen LogP contribution < -0.4 is 20.9 Å². The Morgan fingerprint density at radius 3 is 2.27 bits per heavy atom. The van der Waals surface area contributed by atoms with Crippen LogP contribution in [0.3, 0.4) is 0 Å². The summed E-state index contributed by atoms with van der Waals surface area (Å²) in [6, 6.07) is 5.91. The molecule has 1 heterocycles. The quantitative estimate of drug-likeness (QED) is 0.696. The highest BCUT2D eigenvalue weighted by molar-refractivity contribution is 6.12. The van der Waals surface area contributed by atoms with E-state index in [4.69, 9.17) is 0 Å². The molecule has 1 aromatic rings. The minimum Gasteiger partial charge on any atom is -0.357 e. The number of anilines is 1. The van der Waals surface area contributed by atoms with Crippen molar-refractivity contribution in [2.75, 3.05) is 18.5 Å². The number of urea groups is 1. The number of benzene rings is 1. The Bertz CT molecular complexity index is 738. The van der Waals surface area contributed by atoms with Gasteiger partial charge in [0.1, 0.15) is 12.1 Å². The zero-order valence-electron chi connectivity index (χ0n) is 14.6. The van der Waals surface area contributed by atoms with Gasteiger partial charge in [0.05, 0.1) is 0 Å². The Balaban J connectivity index is 1.74. The van der Waals surface area contributed by atoms with Gasteiger partial charge in [0.25, 0.3) is 5.91 Å². The van der Waals surface area contributed by atoms with Gasteiger partial charge in [-0.05, 0) is 37.1 Å². The van der Waals surface area contributed by atoms with Crippen LogP contribution in [0.5, 0.6) is 0 Å². The lowest BCUT2D eigenvalue weighted by atomic mass is 9.80. The van der Waals surface area contributed by atoms with Crippen LogP contribution in [0.15, 0.2) is 24.3 Å². The summed E-state index contributed by atoms with van der Waals surface area (Å²) in [4.78, 5) is 49.3. The Morgan fingerprint density at radius 2 is 1.73 bits per heavy atom. The van der Waals surface area contributed by atoms with Crippen LogP contribution in [-0.4, -0.2) is 42.9 Å². The molecule has 0 bridgehead atoms. The monoisotopic (exact) mass is 358 g/mol. The Kier molecular flexibility index (Phi) is 4.92. The molecular formula is C18H22N4O4. The number of carbonyl (C=O) groups is 4. The van der Waals surface area contributed by atoms with Crippen LogP contribution in [0, 0.1) is 0 Å². The summed E-state index contributed by atoms with van der Waals surface area (Å²) in [6.45, 7) is -0.0375. The molecule has 0 spiro atoms. The predicted molar refractivity (Wildman–Crippen MR) is 94.7 cm³/mol. The third kappa shape index (κ3) is 3.40. The van der Waals surface area contributed by atoms with Gasteiger partial charge in [-0.25, -0.2) is 4.79 Å². The molecule has 0 unspecified atom stereocenters. The molecule has 1 aliphatic carbocycles. The fraction of sp³-hybridized carbons (Fsp3) is 0.444. The second-order valence-electron chi connectivity index (χ2n) is 6.66. The summed E-state index contributed by atoms with van der Waals surface area (Å²) in [5.74, 6) is -0.861. The van der Waals surface area contributed by atoms with Crippen LogP contribution in [-0.2, 0) is 9.59 Å². The molecule has 0 radical (unpaired) electrons. The zero-order chi connectivity index (χ0) is 18.7. The van der Waals surface area contributed by atoms with Crippen molar-refractivity contribution < 1.29 is 19.2 Å². The Morgan fingerprint density at radius 1 is 1.08 bits per heavy atom. The van der Waals surface area contributed by atoms with Gasteiger partial charge in [-0.2, -0.15) is 0 Å².